The summed E-state index contributed by atoms with van der Waals surface area (Å²) in [4.78, 5) is 0. The summed E-state index contributed by atoms with van der Waals surface area (Å²) in [5.74, 6) is -0.691. The monoisotopic (exact) mass is 413 g/mol. The first-order chi connectivity index (χ1) is 9.74. The number of phenolic OH excluding ortho intramolecular Hbond substituents is 2. The van der Waals surface area contributed by atoms with Gasteiger partial charge in [-0.25, -0.2) is 8.42 Å². The molecule has 0 aromatic heterocycles. The number of rotatable bonds is 3. The van der Waals surface area contributed by atoms with Crippen LogP contribution in [0.4, 0.5) is 0 Å². The summed E-state index contributed by atoms with van der Waals surface area (Å²) in [6.45, 7) is 4.56. The summed E-state index contributed by atoms with van der Waals surface area (Å²) in [5.41, 5.74) is 1.08. The average molecular weight is 415 g/mol. The van der Waals surface area contributed by atoms with Crippen LogP contribution >= 0.6 is 28.6 Å². The molecule has 1 aliphatic heterocycles. The van der Waals surface area contributed by atoms with Gasteiger partial charge < -0.3 is 15.5 Å². The van der Waals surface area contributed by atoms with Crippen molar-refractivity contribution >= 4 is 38.4 Å². The molecule has 8 heteroatoms. The number of nitrogens with one attached hydrogen (secondary N) is 1. The highest BCUT2D eigenvalue weighted by Crippen LogP contribution is 2.42. The second-order valence-corrected chi connectivity index (χ2v) is 8.40. The standard InChI is InChI=1S/C14H20ClNO4S.BrH/c1-8(2)7-21(19,20)12-6-16-4-3-9-10(12)5-11(17)14(18)13(9)15;/h5,8,12,16-18H,3-4,6-7H2,1-2H3;1H. The Morgan fingerprint density at radius 3 is 2.64 bits per heavy atom. The van der Waals surface area contributed by atoms with Gasteiger partial charge in [0.15, 0.2) is 21.3 Å². The predicted molar refractivity (Wildman–Crippen MR) is 93.0 cm³/mol. The summed E-state index contributed by atoms with van der Waals surface area (Å²) in [5, 5.41) is 21.9. The molecular formula is C14H21BrClNO4S. The molecule has 1 unspecified atom stereocenters. The fraction of sp³-hybridized carbons (Fsp3) is 0.571. The van der Waals surface area contributed by atoms with Crippen LogP contribution in [0.5, 0.6) is 11.5 Å². The van der Waals surface area contributed by atoms with E-state index in [4.69, 9.17) is 11.6 Å². The summed E-state index contributed by atoms with van der Waals surface area (Å²) >= 11 is 6.08. The summed E-state index contributed by atoms with van der Waals surface area (Å²) in [6, 6.07) is 1.33. The van der Waals surface area contributed by atoms with Gasteiger partial charge in [-0.05, 0) is 36.1 Å². The Hall–Kier alpha value is -0.500. The van der Waals surface area contributed by atoms with Crippen LogP contribution in [0.3, 0.4) is 0 Å². The van der Waals surface area contributed by atoms with E-state index in [9.17, 15) is 18.6 Å². The molecule has 22 heavy (non-hydrogen) atoms. The summed E-state index contributed by atoms with van der Waals surface area (Å²) in [6.07, 6.45) is 0.510. The molecule has 0 saturated heterocycles. The van der Waals surface area contributed by atoms with Crippen LogP contribution in [0, 0.1) is 5.92 Å². The van der Waals surface area contributed by atoms with E-state index in [0.29, 0.717) is 24.1 Å². The molecule has 0 amide bonds. The Morgan fingerprint density at radius 2 is 2.05 bits per heavy atom. The molecule has 0 spiro atoms. The molecule has 2 rings (SSSR count). The van der Waals surface area contributed by atoms with Gasteiger partial charge in [-0.15, -0.1) is 17.0 Å². The Kier molecular flexibility index (Phi) is 6.56. The number of halogens is 2. The topological polar surface area (TPSA) is 86.6 Å². The lowest BCUT2D eigenvalue weighted by Gasteiger charge is -2.20. The van der Waals surface area contributed by atoms with Gasteiger partial charge in [-0.3, -0.25) is 0 Å². The number of fused-ring (bicyclic) bond motifs is 1. The Labute approximate surface area is 146 Å². The maximum atomic E-state index is 12.6. The SMILES string of the molecule is Br.CC(C)CS(=O)(=O)C1CNCCc2c1cc(O)c(O)c2Cl. The van der Waals surface area contributed by atoms with E-state index >= 15 is 0 Å². The molecule has 1 atom stereocenters. The molecule has 3 N–H and O–H groups in total. The van der Waals surface area contributed by atoms with Gasteiger partial charge in [0.05, 0.1) is 16.0 Å². The van der Waals surface area contributed by atoms with Crippen LogP contribution in [-0.2, 0) is 16.3 Å². The maximum absolute atomic E-state index is 12.6. The van der Waals surface area contributed by atoms with Gasteiger partial charge >= 0.3 is 0 Å². The van der Waals surface area contributed by atoms with Crippen molar-refractivity contribution in [3.05, 3.63) is 22.2 Å². The van der Waals surface area contributed by atoms with E-state index in [2.05, 4.69) is 5.32 Å². The molecule has 1 heterocycles. The third kappa shape index (κ3) is 3.88. The third-order valence-electron chi connectivity index (χ3n) is 3.58. The van der Waals surface area contributed by atoms with Crippen LogP contribution in [0.1, 0.15) is 30.2 Å². The second-order valence-electron chi connectivity index (χ2n) is 5.79. The fourth-order valence-corrected chi connectivity index (χ4v) is 5.11. The third-order valence-corrected chi connectivity index (χ3v) is 6.41. The molecule has 1 aromatic carbocycles. The molecule has 1 aromatic rings. The van der Waals surface area contributed by atoms with Crippen molar-refractivity contribution in [2.45, 2.75) is 25.5 Å². The Balaban J connectivity index is 0.00000242. The van der Waals surface area contributed by atoms with Crippen molar-refractivity contribution in [2.24, 2.45) is 5.92 Å². The van der Waals surface area contributed by atoms with Crippen LogP contribution in [0.2, 0.25) is 5.02 Å². The van der Waals surface area contributed by atoms with Crippen LogP contribution in [0.15, 0.2) is 6.07 Å². The number of benzene rings is 1. The van der Waals surface area contributed by atoms with Crippen LogP contribution in [-0.4, -0.2) is 37.5 Å². The molecule has 1 aliphatic rings. The van der Waals surface area contributed by atoms with Gasteiger partial charge in [-0.1, -0.05) is 25.4 Å². The molecule has 0 aliphatic carbocycles. The lowest BCUT2D eigenvalue weighted by Crippen LogP contribution is -2.28. The van der Waals surface area contributed by atoms with E-state index in [1.54, 1.807) is 0 Å². The van der Waals surface area contributed by atoms with E-state index in [1.165, 1.54) is 6.07 Å². The van der Waals surface area contributed by atoms with Crippen molar-refractivity contribution in [2.75, 3.05) is 18.8 Å². The molecule has 0 bridgehead atoms. The maximum Gasteiger partial charge on any atom is 0.176 e. The predicted octanol–water partition coefficient (Wildman–Crippen LogP) is 2.59. The van der Waals surface area contributed by atoms with Gasteiger partial charge in [0.2, 0.25) is 0 Å². The van der Waals surface area contributed by atoms with Crippen molar-refractivity contribution < 1.29 is 18.6 Å². The zero-order valence-corrected chi connectivity index (χ0v) is 15.8. The largest absolute Gasteiger partial charge is 0.504 e. The van der Waals surface area contributed by atoms with Crippen LogP contribution < -0.4 is 5.32 Å². The van der Waals surface area contributed by atoms with E-state index in [1.807, 2.05) is 13.8 Å². The number of sulfone groups is 1. The normalized spacial score (nSPS) is 18.5. The zero-order chi connectivity index (χ0) is 15.8. The molecule has 0 saturated carbocycles. The van der Waals surface area contributed by atoms with E-state index in [0.717, 1.165) is 0 Å². The van der Waals surface area contributed by atoms with Crippen LogP contribution in [0.25, 0.3) is 0 Å². The highest BCUT2D eigenvalue weighted by molar-refractivity contribution is 8.93. The zero-order valence-electron chi connectivity index (χ0n) is 12.5. The second kappa shape index (κ2) is 7.38. The smallest absolute Gasteiger partial charge is 0.176 e. The molecular weight excluding hydrogens is 394 g/mol. The van der Waals surface area contributed by atoms with Gasteiger partial charge in [0.25, 0.3) is 0 Å². The minimum absolute atomic E-state index is 0. The van der Waals surface area contributed by atoms with Crippen molar-refractivity contribution in [3.63, 3.8) is 0 Å². The van der Waals surface area contributed by atoms with Crippen molar-refractivity contribution in [3.8, 4) is 11.5 Å². The molecule has 0 radical (unpaired) electrons. The highest BCUT2D eigenvalue weighted by Gasteiger charge is 2.33. The van der Waals surface area contributed by atoms with Gasteiger partial charge in [0.1, 0.15) is 0 Å². The fourth-order valence-electron chi connectivity index (χ4n) is 2.68. The van der Waals surface area contributed by atoms with Crippen molar-refractivity contribution in [1.29, 1.82) is 0 Å². The summed E-state index contributed by atoms with van der Waals surface area (Å²) in [7, 11) is -3.38. The number of hydrogen-bond acceptors (Lipinski definition) is 5. The van der Waals surface area contributed by atoms with Gasteiger partial charge in [0, 0.05) is 6.54 Å². The first kappa shape index (κ1) is 19.5. The first-order valence-electron chi connectivity index (χ1n) is 6.89. The Bertz CT molecular complexity index is 649. The van der Waals surface area contributed by atoms with E-state index < -0.39 is 20.8 Å². The molecule has 0 fully saturated rings. The molecule has 126 valence electrons. The number of hydrogen-bond donors (Lipinski definition) is 3. The Morgan fingerprint density at radius 1 is 1.41 bits per heavy atom. The summed E-state index contributed by atoms with van der Waals surface area (Å²) < 4.78 is 25.2. The number of aromatic hydroxyl groups is 2. The highest BCUT2D eigenvalue weighted by atomic mass is 79.9. The quantitative estimate of drug-likeness (QED) is 0.662. The first-order valence-corrected chi connectivity index (χ1v) is 8.99. The van der Waals surface area contributed by atoms with Crippen molar-refractivity contribution in [1.82, 2.24) is 5.32 Å². The number of phenols is 2. The minimum atomic E-state index is -3.38. The van der Waals surface area contributed by atoms with E-state index in [-0.39, 0.29) is 46.0 Å². The minimum Gasteiger partial charge on any atom is -0.504 e. The average Bonchev–Trinajstić information content (AvgIpc) is 2.57. The lowest BCUT2D eigenvalue weighted by atomic mass is 10.0. The lowest BCUT2D eigenvalue weighted by molar-refractivity contribution is 0.402. The van der Waals surface area contributed by atoms with Gasteiger partial charge in [-0.2, -0.15) is 0 Å². The molecule has 5 nitrogen and oxygen atoms in total.